The van der Waals surface area contributed by atoms with E-state index in [0.29, 0.717) is 19.8 Å². The summed E-state index contributed by atoms with van der Waals surface area (Å²) in [4.78, 5) is 13.4. The fraction of sp³-hybridized carbons (Fsp3) is 0.800. The van der Waals surface area contributed by atoms with Crippen LogP contribution < -0.4 is 0 Å². The van der Waals surface area contributed by atoms with Crippen molar-refractivity contribution >= 4 is 5.97 Å². The second kappa shape index (κ2) is 4.28. The number of hydrogen-bond acceptors (Lipinski definition) is 4. The maximum atomic E-state index is 11.6. The first-order valence-corrected chi connectivity index (χ1v) is 4.78. The lowest BCUT2D eigenvalue weighted by Crippen LogP contribution is -2.48. The molecule has 81 valence electrons. The topological polar surface area (TPSA) is 38.8 Å². The molecular formula is C10H18NO3. The van der Waals surface area contributed by atoms with Crippen LogP contribution in [0.25, 0.3) is 0 Å². The fourth-order valence-corrected chi connectivity index (χ4v) is 1.22. The highest BCUT2D eigenvalue weighted by Gasteiger charge is 2.30. The van der Waals surface area contributed by atoms with Gasteiger partial charge in [-0.3, -0.25) is 9.69 Å². The zero-order chi connectivity index (χ0) is 10.8. The normalized spacial score (nSPS) is 24.7. The van der Waals surface area contributed by atoms with Crippen LogP contribution in [0.4, 0.5) is 0 Å². The van der Waals surface area contributed by atoms with Gasteiger partial charge in [-0.25, -0.2) is 0 Å². The minimum Gasteiger partial charge on any atom is -0.459 e. The molecule has 4 nitrogen and oxygen atoms in total. The van der Waals surface area contributed by atoms with Crippen LogP contribution in [0.1, 0.15) is 20.8 Å². The number of morpholine rings is 1. The van der Waals surface area contributed by atoms with Gasteiger partial charge in [-0.2, -0.15) is 0 Å². The van der Waals surface area contributed by atoms with E-state index >= 15 is 0 Å². The number of carbonyl (C=O) groups excluding carboxylic acids is 1. The van der Waals surface area contributed by atoms with E-state index in [1.165, 1.54) is 0 Å². The average Bonchev–Trinajstić information content (AvgIpc) is 2.01. The molecule has 1 atom stereocenters. The van der Waals surface area contributed by atoms with Gasteiger partial charge in [0.1, 0.15) is 11.6 Å². The van der Waals surface area contributed by atoms with Gasteiger partial charge in [0, 0.05) is 13.6 Å². The molecule has 1 heterocycles. The molecule has 0 aromatic heterocycles. The van der Waals surface area contributed by atoms with E-state index in [-0.39, 0.29) is 12.0 Å². The van der Waals surface area contributed by atoms with Crippen molar-refractivity contribution in [1.29, 1.82) is 0 Å². The number of nitrogens with zero attached hydrogens (tertiary/aromatic N) is 1. The Balaban J connectivity index is 2.50. The van der Waals surface area contributed by atoms with Gasteiger partial charge in [0.15, 0.2) is 0 Å². The second-order valence-electron chi connectivity index (χ2n) is 4.44. The van der Waals surface area contributed by atoms with Crippen molar-refractivity contribution in [3.8, 4) is 0 Å². The van der Waals surface area contributed by atoms with Crippen molar-refractivity contribution in [2.24, 2.45) is 0 Å². The Bertz CT molecular complexity index is 210. The minimum absolute atomic E-state index is 0.257. The lowest BCUT2D eigenvalue weighted by atomic mass is 10.2. The maximum Gasteiger partial charge on any atom is 0.326 e. The SMILES string of the molecule is [CH2]N1CCOCC1C(=O)OC(C)(C)C. The van der Waals surface area contributed by atoms with E-state index in [2.05, 4.69) is 7.05 Å². The summed E-state index contributed by atoms with van der Waals surface area (Å²) in [6.45, 7) is 7.22. The van der Waals surface area contributed by atoms with Crippen LogP contribution in [0.3, 0.4) is 0 Å². The Labute approximate surface area is 85.2 Å². The number of ether oxygens (including phenoxy) is 2. The van der Waals surface area contributed by atoms with Crippen molar-refractivity contribution in [2.75, 3.05) is 19.8 Å². The molecule has 1 unspecified atom stereocenters. The first-order chi connectivity index (χ1) is 6.40. The molecular weight excluding hydrogens is 182 g/mol. The first-order valence-electron chi connectivity index (χ1n) is 4.78. The lowest BCUT2D eigenvalue weighted by Gasteiger charge is -2.32. The number of rotatable bonds is 1. The molecule has 0 saturated carbocycles. The number of hydrogen-bond donors (Lipinski definition) is 0. The van der Waals surface area contributed by atoms with Crippen LogP contribution in [0, 0.1) is 7.05 Å². The molecule has 4 heteroatoms. The minimum atomic E-state index is -0.449. The Morgan fingerprint density at radius 3 is 2.71 bits per heavy atom. The molecule has 0 N–H and O–H groups in total. The monoisotopic (exact) mass is 200 g/mol. The molecule has 1 aliphatic rings. The molecule has 1 rings (SSSR count). The van der Waals surface area contributed by atoms with Gasteiger partial charge in [0.2, 0.25) is 0 Å². The molecule has 1 fully saturated rings. The van der Waals surface area contributed by atoms with E-state index in [4.69, 9.17) is 9.47 Å². The standard InChI is InChI=1S/C10H18NO3/c1-10(2,3)14-9(12)8-7-13-6-5-11(8)4/h8H,4-7H2,1-3H3. The van der Waals surface area contributed by atoms with E-state index in [1.54, 1.807) is 4.90 Å². The Morgan fingerprint density at radius 1 is 1.57 bits per heavy atom. The third-order valence-electron chi connectivity index (χ3n) is 1.92. The quantitative estimate of drug-likeness (QED) is 0.587. The van der Waals surface area contributed by atoms with Gasteiger partial charge in [-0.05, 0) is 20.8 Å². The van der Waals surface area contributed by atoms with Crippen LogP contribution in [0.2, 0.25) is 0 Å². The van der Waals surface area contributed by atoms with Gasteiger partial charge in [0.05, 0.1) is 13.2 Å². The molecule has 0 aromatic rings. The Kier molecular flexibility index (Phi) is 3.50. The van der Waals surface area contributed by atoms with E-state index < -0.39 is 5.60 Å². The van der Waals surface area contributed by atoms with E-state index in [1.807, 2.05) is 20.8 Å². The highest BCUT2D eigenvalue weighted by Crippen LogP contribution is 2.13. The van der Waals surface area contributed by atoms with Crippen molar-refractivity contribution in [2.45, 2.75) is 32.4 Å². The molecule has 1 saturated heterocycles. The average molecular weight is 200 g/mol. The third-order valence-corrected chi connectivity index (χ3v) is 1.92. The Hall–Kier alpha value is -0.610. The smallest absolute Gasteiger partial charge is 0.326 e. The summed E-state index contributed by atoms with van der Waals surface area (Å²) in [5.41, 5.74) is -0.449. The summed E-state index contributed by atoms with van der Waals surface area (Å²) in [6.07, 6.45) is 0. The predicted octanol–water partition coefficient (Wildman–Crippen LogP) is 0.820. The highest BCUT2D eigenvalue weighted by molar-refractivity contribution is 5.76. The molecule has 0 amide bonds. The molecule has 0 aliphatic carbocycles. The zero-order valence-corrected chi connectivity index (χ0v) is 9.08. The Morgan fingerprint density at radius 2 is 2.21 bits per heavy atom. The van der Waals surface area contributed by atoms with Gasteiger partial charge < -0.3 is 9.47 Å². The van der Waals surface area contributed by atoms with Gasteiger partial charge in [0.25, 0.3) is 0 Å². The van der Waals surface area contributed by atoms with E-state index in [9.17, 15) is 4.79 Å². The van der Waals surface area contributed by atoms with Crippen molar-refractivity contribution in [1.82, 2.24) is 4.90 Å². The summed E-state index contributed by atoms with van der Waals surface area (Å²) in [5, 5.41) is 0. The number of esters is 1. The predicted molar refractivity (Wildman–Crippen MR) is 52.5 cm³/mol. The molecule has 0 aromatic carbocycles. The second-order valence-corrected chi connectivity index (χ2v) is 4.44. The third kappa shape index (κ3) is 3.27. The van der Waals surface area contributed by atoms with Gasteiger partial charge >= 0.3 is 5.97 Å². The molecule has 0 bridgehead atoms. The molecule has 1 aliphatic heterocycles. The van der Waals surface area contributed by atoms with Crippen LogP contribution in [-0.2, 0) is 14.3 Å². The summed E-state index contributed by atoms with van der Waals surface area (Å²) >= 11 is 0. The van der Waals surface area contributed by atoms with Crippen LogP contribution >= 0.6 is 0 Å². The highest BCUT2D eigenvalue weighted by atomic mass is 16.6. The van der Waals surface area contributed by atoms with Crippen LogP contribution in [-0.4, -0.2) is 42.3 Å². The first kappa shape index (κ1) is 11.5. The zero-order valence-electron chi connectivity index (χ0n) is 9.08. The van der Waals surface area contributed by atoms with Crippen molar-refractivity contribution < 1.29 is 14.3 Å². The largest absolute Gasteiger partial charge is 0.459 e. The molecule has 0 spiro atoms. The maximum absolute atomic E-state index is 11.6. The fourth-order valence-electron chi connectivity index (χ4n) is 1.22. The lowest BCUT2D eigenvalue weighted by molar-refractivity contribution is -0.165. The number of carbonyl (C=O) groups is 1. The van der Waals surface area contributed by atoms with Gasteiger partial charge in [-0.1, -0.05) is 0 Å². The summed E-state index contributed by atoms with van der Waals surface area (Å²) < 4.78 is 10.5. The summed E-state index contributed by atoms with van der Waals surface area (Å²) in [7, 11) is 3.78. The van der Waals surface area contributed by atoms with E-state index in [0.717, 1.165) is 0 Å². The van der Waals surface area contributed by atoms with Gasteiger partial charge in [-0.15, -0.1) is 0 Å². The molecule has 14 heavy (non-hydrogen) atoms. The summed E-state index contributed by atoms with van der Waals surface area (Å²) in [5.74, 6) is -0.257. The van der Waals surface area contributed by atoms with Crippen LogP contribution in [0.15, 0.2) is 0 Å². The van der Waals surface area contributed by atoms with Crippen molar-refractivity contribution in [3.05, 3.63) is 7.05 Å². The summed E-state index contributed by atoms with van der Waals surface area (Å²) in [6, 6.07) is -0.358. The van der Waals surface area contributed by atoms with Crippen LogP contribution in [0.5, 0.6) is 0 Å². The molecule has 1 radical (unpaired) electrons. The van der Waals surface area contributed by atoms with Crippen molar-refractivity contribution in [3.63, 3.8) is 0 Å².